The highest BCUT2D eigenvalue weighted by atomic mass is 16.3. The fourth-order valence-corrected chi connectivity index (χ4v) is 0.962. The molecule has 0 aliphatic rings. The fourth-order valence-electron chi connectivity index (χ4n) is 0.962. The number of nitrogens with zero attached hydrogens (tertiary/aromatic N) is 1. The van der Waals surface area contributed by atoms with Crippen molar-refractivity contribution in [1.29, 1.82) is 0 Å². The van der Waals surface area contributed by atoms with Gasteiger partial charge in [0.15, 0.2) is 5.89 Å². The van der Waals surface area contributed by atoms with Gasteiger partial charge in [0.2, 0.25) is 0 Å². The molecule has 0 aliphatic carbocycles. The number of hydrogen-bond acceptors (Lipinski definition) is 3. The van der Waals surface area contributed by atoms with Crippen LogP contribution < -0.4 is 5.32 Å². The van der Waals surface area contributed by atoms with E-state index >= 15 is 0 Å². The molecule has 12 heavy (non-hydrogen) atoms. The quantitative estimate of drug-likeness (QED) is 0.676. The Morgan fingerprint density at radius 1 is 1.58 bits per heavy atom. The summed E-state index contributed by atoms with van der Waals surface area (Å²) in [6.07, 6.45) is 4.16. The van der Waals surface area contributed by atoms with Crippen LogP contribution in [0.5, 0.6) is 0 Å². The smallest absolute Gasteiger partial charge is 0.195 e. The molecule has 68 valence electrons. The highest BCUT2D eigenvalue weighted by molar-refractivity contribution is 4.80. The van der Waals surface area contributed by atoms with E-state index in [1.165, 1.54) is 0 Å². The maximum absolute atomic E-state index is 5.09. The van der Waals surface area contributed by atoms with E-state index in [4.69, 9.17) is 4.42 Å². The lowest BCUT2D eigenvalue weighted by Gasteiger charge is -2.04. The van der Waals surface area contributed by atoms with Gasteiger partial charge in [0, 0.05) is 13.0 Å². The van der Waals surface area contributed by atoms with Gasteiger partial charge in [-0.05, 0) is 12.5 Å². The zero-order valence-electron chi connectivity index (χ0n) is 7.71. The summed E-state index contributed by atoms with van der Waals surface area (Å²) in [5, 5.41) is 3.32. The third-order valence-corrected chi connectivity index (χ3v) is 1.55. The Balaban J connectivity index is 2.04. The van der Waals surface area contributed by atoms with Crippen LogP contribution in [0, 0.1) is 5.92 Å². The second-order valence-corrected chi connectivity index (χ2v) is 3.27. The minimum Gasteiger partial charge on any atom is -0.449 e. The molecule has 0 atom stereocenters. The SMILES string of the molecule is CC(C)CNCCc1ncco1. The zero-order valence-corrected chi connectivity index (χ0v) is 7.71. The monoisotopic (exact) mass is 168 g/mol. The summed E-state index contributed by atoms with van der Waals surface area (Å²) in [5.41, 5.74) is 0. The maximum atomic E-state index is 5.09. The summed E-state index contributed by atoms with van der Waals surface area (Å²) in [6.45, 7) is 6.38. The molecule has 0 aliphatic heterocycles. The molecule has 1 heterocycles. The average molecular weight is 168 g/mol. The normalized spacial score (nSPS) is 10.9. The Labute approximate surface area is 73.2 Å². The molecule has 0 saturated heterocycles. The molecule has 0 spiro atoms. The molecule has 0 bridgehead atoms. The van der Waals surface area contributed by atoms with Crippen molar-refractivity contribution in [1.82, 2.24) is 10.3 Å². The summed E-state index contributed by atoms with van der Waals surface area (Å²) in [4.78, 5) is 4.03. The Morgan fingerprint density at radius 2 is 2.42 bits per heavy atom. The first-order valence-corrected chi connectivity index (χ1v) is 4.38. The lowest BCUT2D eigenvalue weighted by molar-refractivity contribution is 0.474. The van der Waals surface area contributed by atoms with Crippen molar-refractivity contribution in [3.8, 4) is 0 Å². The minimum absolute atomic E-state index is 0.703. The number of oxazole rings is 1. The molecule has 0 unspecified atom stereocenters. The van der Waals surface area contributed by atoms with Crippen molar-refractivity contribution in [2.45, 2.75) is 20.3 Å². The number of nitrogens with one attached hydrogen (secondary N) is 1. The first-order valence-electron chi connectivity index (χ1n) is 4.38. The van der Waals surface area contributed by atoms with Crippen LogP contribution in [-0.2, 0) is 6.42 Å². The second-order valence-electron chi connectivity index (χ2n) is 3.27. The maximum Gasteiger partial charge on any atom is 0.195 e. The van der Waals surface area contributed by atoms with Gasteiger partial charge >= 0.3 is 0 Å². The molecular weight excluding hydrogens is 152 g/mol. The largest absolute Gasteiger partial charge is 0.449 e. The van der Waals surface area contributed by atoms with Crippen molar-refractivity contribution >= 4 is 0 Å². The topological polar surface area (TPSA) is 38.1 Å². The lowest BCUT2D eigenvalue weighted by Crippen LogP contribution is -2.22. The van der Waals surface area contributed by atoms with E-state index in [2.05, 4.69) is 24.1 Å². The fraction of sp³-hybridized carbons (Fsp3) is 0.667. The molecule has 3 nitrogen and oxygen atoms in total. The molecule has 1 aromatic rings. The average Bonchev–Trinajstić information content (AvgIpc) is 2.49. The Morgan fingerprint density at radius 3 is 3.00 bits per heavy atom. The standard InChI is InChI=1S/C9H16N2O/c1-8(2)7-10-4-3-9-11-5-6-12-9/h5-6,8,10H,3-4,7H2,1-2H3. The van der Waals surface area contributed by atoms with Gasteiger partial charge in [-0.2, -0.15) is 0 Å². The highest BCUT2D eigenvalue weighted by Crippen LogP contribution is 1.94. The molecule has 1 rings (SSSR count). The Kier molecular flexibility index (Phi) is 3.80. The van der Waals surface area contributed by atoms with Crippen LogP contribution in [0.3, 0.4) is 0 Å². The summed E-state index contributed by atoms with van der Waals surface area (Å²) in [7, 11) is 0. The van der Waals surface area contributed by atoms with Gasteiger partial charge < -0.3 is 9.73 Å². The van der Waals surface area contributed by atoms with E-state index in [0.717, 1.165) is 25.4 Å². The van der Waals surface area contributed by atoms with Crippen LogP contribution in [-0.4, -0.2) is 18.1 Å². The van der Waals surface area contributed by atoms with E-state index in [1.54, 1.807) is 12.5 Å². The van der Waals surface area contributed by atoms with E-state index in [-0.39, 0.29) is 0 Å². The van der Waals surface area contributed by atoms with Crippen LogP contribution >= 0.6 is 0 Å². The predicted octanol–water partition coefficient (Wildman–Crippen LogP) is 1.46. The Bertz CT molecular complexity index is 194. The first-order chi connectivity index (χ1) is 5.79. The Hall–Kier alpha value is -0.830. The van der Waals surface area contributed by atoms with E-state index in [1.807, 2.05) is 0 Å². The van der Waals surface area contributed by atoms with Gasteiger partial charge in [-0.25, -0.2) is 4.98 Å². The van der Waals surface area contributed by atoms with Crippen molar-refractivity contribution in [2.24, 2.45) is 5.92 Å². The van der Waals surface area contributed by atoms with E-state index in [9.17, 15) is 0 Å². The molecule has 0 saturated carbocycles. The summed E-state index contributed by atoms with van der Waals surface area (Å²) < 4.78 is 5.09. The van der Waals surface area contributed by atoms with E-state index in [0.29, 0.717) is 5.92 Å². The van der Waals surface area contributed by atoms with Crippen LogP contribution in [0.1, 0.15) is 19.7 Å². The molecule has 1 aromatic heterocycles. The molecular formula is C9H16N2O. The van der Waals surface area contributed by atoms with Crippen molar-refractivity contribution < 1.29 is 4.42 Å². The van der Waals surface area contributed by atoms with Crippen molar-refractivity contribution in [3.63, 3.8) is 0 Å². The molecule has 0 aromatic carbocycles. The molecule has 0 radical (unpaired) electrons. The second kappa shape index (κ2) is 4.93. The summed E-state index contributed by atoms with van der Waals surface area (Å²) in [6, 6.07) is 0. The van der Waals surface area contributed by atoms with E-state index < -0.39 is 0 Å². The van der Waals surface area contributed by atoms with Crippen LogP contribution in [0.4, 0.5) is 0 Å². The number of hydrogen-bond donors (Lipinski definition) is 1. The number of rotatable bonds is 5. The van der Waals surface area contributed by atoms with Crippen molar-refractivity contribution in [3.05, 3.63) is 18.4 Å². The van der Waals surface area contributed by atoms with Crippen LogP contribution in [0.25, 0.3) is 0 Å². The summed E-state index contributed by atoms with van der Waals surface area (Å²) >= 11 is 0. The van der Waals surface area contributed by atoms with Gasteiger partial charge in [-0.1, -0.05) is 13.8 Å². The molecule has 0 fully saturated rings. The lowest BCUT2D eigenvalue weighted by atomic mass is 10.2. The van der Waals surface area contributed by atoms with Crippen molar-refractivity contribution in [2.75, 3.05) is 13.1 Å². The van der Waals surface area contributed by atoms with Gasteiger partial charge in [0.1, 0.15) is 6.26 Å². The predicted molar refractivity (Wildman–Crippen MR) is 47.9 cm³/mol. The van der Waals surface area contributed by atoms with Gasteiger partial charge in [-0.3, -0.25) is 0 Å². The highest BCUT2D eigenvalue weighted by Gasteiger charge is 1.96. The molecule has 1 N–H and O–H groups in total. The first kappa shape index (κ1) is 9.26. The van der Waals surface area contributed by atoms with Gasteiger partial charge in [-0.15, -0.1) is 0 Å². The van der Waals surface area contributed by atoms with Crippen LogP contribution in [0.2, 0.25) is 0 Å². The number of aromatic nitrogens is 1. The summed E-state index contributed by atoms with van der Waals surface area (Å²) in [5.74, 6) is 1.51. The van der Waals surface area contributed by atoms with Gasteiger partial charge in [0.05, 0.1) is 6.20 Å². The molecule has 3 heteroatoms. The third kappa shape index (κ3) is 3.53. The van der Waals surface area contributed by atoms with Gasteiger partial charge in [0.25, 0.3) is 0 Å². The molecule has 0 amide bonds. The third-order valence-electron chi connectivity index (χ3n) is 1.55. The zero-order chi connectivity index (χ0) is 8.81. The van der Waals surface area contributed by atoms with Crippen LogP contribution in [0.15, 0.2) is 16.9 Å². The minimum atomic E-state index is 0.703.